The van der Waals surface area contributed by atoms with Crippen LogP contribution in [0.1, 0.15) is 37.7 Å². The summed E-state index contributed by atoms with van der Waals surface area (Å²) in [5.41, 5.74) is 7.21. The van der Waals surface area contributed by atoms with Gasteiger partial charge in [-0.3, -0.25) is 4.57 Å². The molecule has 0 amide bonds. The molecule has 0 aliphatic carbocycles. The van der Waals surface area contributed by atoms with Crippen molar-refractivity contribution in [1.29, 1.82) is 0 Å². The van der Waals surface area contributed by atoms with E-state index in [1.165, 1.54) is 5.56 Å². The zero-order valence-corrected chi connectivity index (χ0v) is 11.6. The lowest BCUT2D eigenvalue weighted by Gasteiger charge is -2.11. The Kier molecular flexibility index (Phi) is 4.16. The third-order valence-corrected chi connectivity index (χ3v) is 3.06. The van der Waals surface area contributed by atoms with E-state index in [0.717, 1.165) is 24.5 Å². The molecule has 0 spiro atoms. The summed E-state index contributed by atoms with van der Waals surface area (Å²) in [6.07, 6.45) is 0.822. The fourth-order valence-corrected chi connectivity index (χ4v) is 1.84. The van der Waals surface area contributed by atoms with Crippen LogP contribution in [0.5, 0.6) is 11.8 Å². The Hall–Kier alpha value is -1.88. The summed E-state index contributed by atoms with van der Waals surface area (Å²) in [7, 11) is 0. The smallest absolute Gasteiger partial charge is 0.322 e. The van der Waals surface area contributed by atoms with Crippen LogP contribution in [0.15, 0.2) is 24.3 Å². The fourth-order valence-electron chi connectivity index (χ4n) is 1.84. The zero-order chi connectivity index (χ0) is 13.8. The molecule has 1 aromatic heterocycles. The van der Waals surface area contributed by atoms with E-state index in [0.29, 0.717) is 6.01 Å². The second-order valence-corrected chi connectivity index (χ2v) is 4.51. The highest BCUT2D eigenvalue weighted by molar-refractivity contribution is 5.28. The average molecular weight is 260 g/mol. The lowest BCUT2D eigenvalue weighted by Crippen LogP contribution is -2.15. The number of aryl methyl sites for hydroxylation is 1. The molecule has 0 aliphatic rings. The molecule has 5 nitrogen and oxygen atoms in total. The third-order valence-electron chi connectivity index (χ3n) is 3.06. The van der Waals surface area contributed by atoms with Gasteiger partial charge in [-0.25, -0.2) is 0 Å². The summed E-state index contributed by atoms with van der Waals surface area (Å²) < 4.78 is 7.68. The number of hydrogen-bond acceptors (Lipinski definition) is 4. The molecule has 0 saturated heterocycles. The third kappa shape index (κ3) is 2.93. The van der Waals surface area contributed by atoms with E-state index in [1.54, 1.807) is 0 Å². The molecule has 0 aliphatic heterocycles. The van der Waals surface area contributed by atoms with E-state index < -0.39 is 0 Å². The molecule has 1 unspecified atom stereocenters. The van der Waals surface area contributed by atoms with Crippen LogP contribution in [0, 0.1) is 6.92 Å². The highest BCUT2D eigenvalue weighted by Crippen LogP contribution is 2.23. The van der Waals surface area contributed by atoms with E-state index in [-0.39, 0.29) is 6.04 Å². The SMILES string of the molecule is CCC(N)c1nnc(Oc2ccc(C)cc2)n1CC. The Morgan fingerprint density at radius 3 is 2.47 bits per heavy atom. The van der Waals surface area contributed by atoms with Gasteiger partial charge >= 0.3 is 6.01 Å². The molecule has 2 rings (SSSR count). The monoisotopic (exact) mass is 260 g/mol. The number of ether oxygens (including phenoxy) is 1. The predicted molar refractivity (Wildman–Crippen MR) is 74.2 cm³/mol. The van der Waals surface area contributed by atoms with Gasteiger partial charge in [-0.2, -0.15) is 0 Å². The molecule has 1 atom stereocenters. The maximum absolute atomic E-state index is 6.02. The molecule has 0 bridgehead atoms. The van der Waals surface area contributed by atoms with Crippen molar-refractivity contribution in [2.75, 3.05) is 0 Å². The second-order valence-electron chi connectivity index (χ2n) is 4.51. The van der Waals surface area contributed by atoms with Gasteiger partial charge in [0, 0.05) is 6.54 Å². The van der Waals surface area contributed by atoms with E-state index in [9.17, 15) is 0 Å². The molecule has 5 heteroatoms. The zero-order valence-electron chi connectivity index (χ0n) is 11.6. The number of rotatable bonds is 5. The van der Waals surface area contributed by atoms with Crippen LogP contribution in [-0.4, -0.2) is 14.8 Å². The first kappa shape index (κ1) is 13.5. The van der Waals surface area contributed by atoms with Crippen LogP contribution in [0.25, 0.3) is 0 Å². The lowest BCUT2D eigenvalue weighted by atomic mass is 10.2. The molecule has 0 fully saturated rings. The molecule has 2 N–H and O–H groups in total. The van der Waals surface area contributed by atoms with Crippen molar-refractivity contribution in [3.05, 3.63) is 35.7 Å². The van der Waals surface area contributed by atoms with Crippen molar-refractivity contribution in [2.24, 2.45) is 5.73 Å². The van der Waals surface area contributed by atoms with E-state index in [2.05, 4.69) is 10.2 Å². The van der Waals surface area contributed by atoms with Crippen LogP contribution in [0.3, 0.4) is 0 Å². The van der Waals surface area contributed by atoms with Gasteiger partial charge in [-0.15, -0.1) is 5.10 Å². The Morgan fingerprint density at radius 2 is 1.89 bits per heavy atom. The minimum Gasteiger partial charge on any atom is -0.424 e. The molecular formula is C14H20N4O. The summed E-state index contributed by atoms with van der Waals surface area (Å²) in [5, 5.41) is 8.22. The van der Waals surface area contributed by atoms with Gasteiger partial charge in [-0.05, 0) is 32.4 Å². The van der Waals surface area contributed by atoms with Gasteiger partial charge in [0.25, 0.3) is 0 Å². The highest BCUT2D eigenvalue weighted by atomic mass is 16.5. The average Bonchev–Trinajstić information content (AvgIpc) is 2.83. The standard InChI is InChI=1S/C14H20N4O/c1-4-12(15)13-16-17-14(18(13)5-2)19-11-8-6-10(3)7-9-11/h6-9,12H,4-5,15H2,1-3H3. The molecule has 2 aromatic rings. The predicted octanol–water partition coefficient (Wildman–Crippen LogP) is 2.81. The number of aromatic nitrogens is 3. The Labute approximate surface area is 113 Å². The Morgan fingerprint density at radius 1 is 1.21 bits per heavy atom. The topological polar surface area (TPSA) is 66.0 Å². The van der Waals surface area contributed by atoms with Gasteiger partial charge in [0.05, 0.1) is 6.04 Å². The van der Waals surface area contributed by atoms with Crippen LogP contribution < -0.4 is 10.5 Å². The van der Waals surface area contributed by atoms with Crippen molar-refractivity contribution in [3.8, 4) is 11.8 Å². The van der Waals surface area contributed by atoms with E-state index in [1.807, 2.05) is 49.6 Å². The highest BCUT2D eigenvalue weighted by Gasteiger charge is 2.17. The van der Waals surface area contributed by atoms with Gasteiger partial charge < -0.3 is 10.5 Å². The quantitative estimate of drug-likeness (QED) is 0.897. The molecule has 102 valence electrons. The molecule has 1 aromatic carbocycles. The summed E-state index contributed by atoms with van der Waals surface area (Å²) in [6.45, 7) is 6.82. The van der Waals surface area contributed by atoms with Crippen molar-refractivity contribution >= 4 is 0 Å². The van der Waals surface area contributed by atoms with Gasteiger partial charge in [0.2, 0.25) is 0 Å². The van der Waals surface area contributed by atoms with E-state index >= 15 is 0 Å². The molecule has 0 saturated carbocycles. The maximum Gasteiger partial charge on any atom is 0.322 e. The van der Waals surface area contributed by atoms with Crippen LogP contribution in [0.4, 0.5) is 0 Å². The number of nitrogens with zero attached hydrogens (tertiary/aromatic N) is 3. The summed E-state index contributed by atoms with van der Waals surface area (Å²) in [6, 6.07) is 8.22. The number of benzene rings is 1. The molecule has 19 heavy (non-hydrogen) atoms. The first-order valence-corrected chi connectivity index (χ1v) is 6.58. The molecule has 1 heterocycles. The van der Waals surface area contributed by atoms with Gasteiger partial charge in [0.15, 0.2) is 5.82 Å². The van der Waals surface area contributed by atoms with Crippen LogP contribution >= 0.6 is 0 Å². The first-order chi connectivity index (χ1) is 9.15. The van der Waals surface area contributed by atoms with Crippen molar-refractivity contribution in [3.63, 3.8) is 0 Å². The lowest BCUT2D eigenvalue weighted by molar-refractivity contribution is 0.407. The summed E-state index contributed by atoms with van der Waals surface area (Å²) >= 11 is 0. The summed E-state index contributed by atoms with van der Waals surface area (Å²) in [4.78, 5) is 0. The second kappa shape index (κ2) is 5.84. The van der Waals surface area contributed by atoms with Crippen LogP contribution in [0.2, 0.25) is 0 Å². The molecule has 0 radical (unpaired) electrons. The summed E-state index contributed by atoms with van der Waals surface area (Å²) in [5.74, 6) is 1.52. The Bertz CT molecular complexity index is 533. The van der Waals surface area contributed by atoms with Crippen molar-refractivity contribution in [2.45, 2.75) is 39.8 Å². The fraction of sp³-hybridized carbons (Fsp3) is 0.429. The van der Waals surface area contributed by atoms with E-state index in [4.69, 9.17) is 10.5 Å². The van der Waals surface area contributed by atoms with Crippen LogP contribution in [-0.2, 0) is 6.54 Å². The minimum absolute atomic E-state index is 0.109. The largest absolute Gasteiger partial charge is 0.424 e. The number of hydrogen-bond donors (Lipinski definition) is 1. The Balaban J connectivity index is 2.25. The number of nitrogens with two attached hydrogens (primary N) is 1. The first-order valence-electron chi connectivity index (χ1n) is 6.58. The van der Waals surface area contributed by atoms with Crippen molar-refractivity contribution in [1.82, 2.24) is 14.8 Å². The van der Waals surface area contributed by atoms with Crippen molar-refractivity contribution < 1.29 is 4.74 Å². The van der Waals surface area contributed by atoms with Gasteiger partial charge in [-0.1, -0.05) is 29.7 Å². The molecular weight excluding hydrogens is 240 g/mol. The minimum atomic E-state index is -0.109. The maximum atomic E-state index is 6.02. The van der Waals surface area contributed by atoms with Gasteiger partial charge in [0.1, 0.15) is 5.75 Å². The normalized spacial score (nSPS) is 12.4.